The fourth-order valence-corrected chi connectivity index (χ4v) is 1.63. The third kappa shape index (κ3) is 2.97. The van der Waals surface area contributed by atoms with E-state index in [1.807, 2.05) is 19.1 Å². The molecule has 0 N–H and O–H groups in total. The molecule has 0 spiro atoms. The SMILES string of the molecule is C=C(C(=O)OCC)N(C(C)=O)c1ccccc1C. The number of esters is 1. The quantitative estimate of drug-likeness (QED) is 0.606. The summed E-state index contributed by atoms with van der Waals surface area (Å²) in [7, 11) is 0. The third-order valence-electron chi connectivity index (χ3n) is 2.45. The van der Waals surface area contributed by atoms with E-state index in [4.69, 9.17) is 4.74 Å². The van der Waals surface area contributed by atoms with Gasteiger partial charge in [-0.2, -0.15) is 0 Å². The van der Waals surface area contributed by atoms with Crippen LogP contribution in [0.3, 0.4) is 0 Å². The van der Waals surface area contributed by atoms with Crippen LogP contribution in [0.4, 0.5) is 5.69 Å². The van der Waals surface area contributed by atoms with E-state index in [2.05, 4.69) is 6.58 Å². The number of carbonyl (C=O) groups excluding carboxylic acids is 2. The minimum atomic E-state index is -0.587. The summed E-state index contributed by atoms with van der Waals surface area (Å²) in [5.41, 5.74) is 1.56. The molecule has 0 heterocycles. The number of benzene rings is 1. The van der Waals surface area contributed by atoms with E-state index in [0.717, 1.165) is 5.56 Å². The Morgan fingerprint density at radius 2 is 1.94 bits per heavy atom. The number of hydrogen-bond acceptors (Lipinski definition) is 3. The molecule has 0 aliphatic heterocycles. The highest BCUT2D eigenvalue weighted by Crippen LogP contribution is 2.23. The van der Waals surface area contributed by atoms with Gasteiger partial charge in [-0.15, -0.1) is 0 Å². The zero-order chi connectivity index (χ0) is 13.7. The van der Waals surface area contributed by atoms with Gasteiger partial charge in [0.15, 0.2) is 0 Å². The molecule has 4 nitrogen and oxygen atoms in total. The summed E-state index contributed by atoms with van der Waals surface area (Å²) in [6.45, 7) is 8.85. The number of rotatable bonds is 4. The fourth-order valence-electron chi connectivity index (χ4n) is 1.63. The summed E-state index contributed by atoms with van der Waals surface area (Å²) in [6.07, 6.45) is 0. The lowest BCUT2D eigenvalue weighted by Crippen LogP contribution is -2.32. The number of anilines is 1. The van der Waals surface area contributed by atoms with Crippen molar-refractivity contribution < 1.29 is 14.3 Å². The summed E-state index contributed by atoms with van der Waals surface area (Å²) in [6, 6.07) is 7.30. The summed E-state index contributed by atoms with van der Waals surface area (Å²) in [4.78, 5) is 24.6. The summed E-state index contributed by atoms with van der Waals surface area (Å²) >= 11 is 0. The topological polar surface area (TPSA) is 46.6 Å². The Morgan fingerprint density at radius 1 is 1.33 bits per heavy atom. The monoisotopic (exact) mass is 247 g/mol. The van der Waals surface area contributed by atoms with Crippen molar-refractivity contribution in [3.8, 4) is 0 Å². The average molecular weight is 247 g/mol. The number of para-hydroxylation sites is 1. The number of hydrogen-bond donors (Lipinski definition) is 0. The predicted octanol–water partition coefficient (Wildman–Crippen LogP) is 2.42. The Balaban J connectivity index is 3.12. The number of aryl methyl sites for hydroxylation is 1. The molecule has 96 valence electrons. The van der Waals surface area contributed by atoms with Crippen molar-refractivity contribution in [2.24, 2.45) is 0 Å². The van der Waals surface area contributed by atoms with Crippen molar-refractivity contribution in [3.05, 3.63) is 42.1 Å². The lowest BCUT2D eigenvalue weighted by atomic mass is 10.1. The van der Waals surface area contributed by atoms with Crippen LogP contribution in [-0.2, 0) is 14.3 Å². The van der Waals surface area contributed by atoms with E-state index in [0.29, 0.717) is 5.69 Å². The number of carbonyl (C=O) groups is 2. The molecule has 0 aromatic heterocycles. The first-order chi connectivity index (χ1) is 8.49. The molecule has 0 aliphatic rings. The van der Waals surface area contributed by atoms with Crippen LogP contribution in [0.25, 0.3) is 0 Å². The highest BCUT2D eigenvalue weighted by Gasteiger charge is 2.22. The van der Waals surface area contributed by atoms with Crippen LogP contribution in [0.2, 0.25) is 0 Å². The van der Waals surface area contributed by atoms with Crippen molar-refractivity contribution in [3.63, 3.8) is 0 Å². The molecule has 0 saturated heterocycles. The van der Waals surface area contributed by atoms with E-state index in [1.165, 1.54) is 11.8 Å². The molecule has 0 bridgehead atoms. The van der Waals surface area contributed by atoms with Gasteiger partial charge in [-0.05, 0) is 25.5 Å². The number of ether oxygens (including phenoxy) is 1. The second-order valence-electron chi connectivity index (χ2n) is 3.81. The normalized spacial score (nSPS) is 9.72. The Labute approximate surface area is 107 Å². The van der Waals surface area contributed by atoms with Gasteiger partial charge in [0.2, 0.25) is 5.91 Å². The Morgan fingerprint density at radius 3 is 2.44 bits per heavy atom. The molecular formula is C14H17NO3. The van der Waals surface area contributed by atoms with Gasteiger partial charge < -0.3 is 4.74 Å². The summed E-state index contributed by atoms with van der Waals surface area (Å²) in [5.74, 6) is -0.863. The maximum absolute atomic E-state index is 11.7. The van der Waals surface area contributed by atoms with E-state index < -0.39 is 5.97 Å². The molecule has 1 rings (SSSR count). The van der Waals surface area contributed by atoms with Gasteiger partial charge in [0.1, 0.15) is 5.70 Å². The van der Waals surface area contributed by atoms with Crippen molar-refractivity contribution in [1.82, 2.24) is 0 Å². The molecule has 1 amide bonds. The van der Waals surface area contributed by atoms with Crippen LogP contribution in [0, 0.1) is 6.92 Å². The standard InChI is InChI=1S/C14H17NO3/c1-5-18-14(17)11(3)15(12(4)16)13-9-7-6-8-10(13)2/h6-9H,3,5H2,1-2,4H3. The fraction of sp³-hybridized carbons (Fsp3) is 0.286. The molecule has 1 aromatic carbocycles. The van der Waals surface area contributed by atoms with Gasteiger partial charge >= 0.3 is 5.97 Å². The maximum Gasteiger partial charge on any atom is 0.354 e. The second kappa shape index (κ2) is 6.00. The molecule has 0 aliphatic carbocycles. The minimum absolute atomic E-state index is 0.0265. The predicted molar refractivity (Wildman–Crippen MR) is 70.1 cm³/mol. The lowest BCUT2D eigenvalue weighted by Gasteiger charge is -2.23. The zero-order valence-corrected chi connectivity index (χ0v) is 10.9. The van der Waals surface area contributed by atoms with Crippen LogP contribution in [-0.4, -0.2) is 18.5 Å². The molecule has 18 heavy (non-hydrogen) atoms. The zero-order valence-electron chi connectivity index (χ0n) is 10.9. The highest BCUT2D eigenvalue weighted by molar-refractivity contribution is 6.05. The van der Waals surface area contributed by atoms with Crippen LogP contribution < -0.4 is 4.90 Å². The molecule has 0 atom stereocenters. The molecule has 1 aromatic rings. The number of nitrogens with zero attached hydrogens (tertiary/aromatic N) is 1. The average Bonchev–Trinajstić information content (AvgIpc) is 2.31. The summed E-state index contributed by atoms with van der Waals surface area (Å²) in [5, 5.41) is 0. The van der Waals surface area contributed by atoms with Crippen molar-refractivity contribution in [1.29, 1.82) is 0 Å². The Hall–Kier alpha value is -2.10. The van der Waals surface area contributed by atoms with Gasteiger partial charge in [-0.1, -0.05) is 24.8 Å². The Kier molecular flexibility index (Phi) is 4.66. The van der Waals surface area contributed by atoms with Crippen molar-refractivity contribution >= 4 is 17.6 Å². The largest absolute Gasteiger partial charge is 0.461 e. The second-order valence-corrected chi connectivity index (χ2v) is 3.81. The smallest absolute Gasteiger partial charge is 0.354 e. The van der Waals surface area contributed by atoms with Gasteiger partial charge in [0, 0.05) is 6.92 Å². The van der Waals surface area contributed by atoms with E-state index in [9.17, 15) is 9.59 Å². The first-order valence-corrected chi connectivity index (χ1v) is 5.71. The van der Waals surface area contributed by atoms with Crippen LogP contribution in [0.1, 0.15) is 19.4 Å². The molecule has 0 fully saturated rings. The Bertz CT molecular complexity index is 480. The molecule has 0 saturated carbocycles. The van der Waals surface area contributed by atoms with Gasteiger partial charge in [0.05, 0.1) is 12.3 Å². The highest BCUT2D eigenvalue weighted by atomic mass is 16.5. The van der Waals surface area contributed by atoms with Gasteiger partial charge in [-0.25, -0.2) is 4.79 Å². The minimum Gasteiger partial charge on any atom is -0.461 e. The first-order valence-electron chi connectivity index (χ1n) is 5.71. The van der Waals surface area contributed by atoms with E-state index >= 15 is 0 Å². The third-order valence-corrected chi connectivity index (χ3v) is 2.45. The van der Waals surface area contributed by atoms with Gasteiger partial charge in [-0.3, -0.25) is 9.69 Å². The molecular weight excluding hydrogens is 230 g/mol. The first kappa shape index (κ1) is 14.0. The van der Waals surface area contributed by atoms with Gasteiger partial charge in [0.25, 0.3) is 0 Å². The number of amides is 1. The maximum atomic E-state index is 11.7. The van der Waals surface area contributed by atoms with Crippen LogP contribution in [0.5, 0.6) is 0 Å². The van der Waals surface area contributed by atoms with Crippen molar-refractivity contribution in [2.75, 3.05) is 11.5 Å². The summed E-state index contributed by atoms with van der Waals surface area (Å²) < 4.78 is 4.86. The van der Waals surface area contributed by atoms with Crippen molar-refractivity contribution in [2.45, 2.75) is 20.8 Å². The molecule has 0 radical (unpaired) electrons. The van der Waals surface area contributed by atoms with E-state index in [-0.39, 0.29) is 18.2 Å². The van der Waals surface area contributed by atoms with E-state index in [1.54, 1.807) is 19.1 Å². The van der Waals surface area contributed by atoms with Crippen LogP contribution in [0.15, 0.2) is 36.5 Å². The molecule has 4 heteroatoms. The molecule has 0 unspecified atom stereocenters. The van der Waals surface area contributed by atoms with Crippen LogP contribution >= 0.6 is 0 Å². The lowest BCUT2D eigenvalue weighted by molar-refractivity contribution is -0.139.